The van der Waals surface area contributed by atoms with Crippen LogP contribution in [0.3, 0.4) is 0 Å². The van der Waals surface area contributed by atoms with Crippen molar-refractivity contribution in [1.29, 1.82) is 0 Å². The van der Waals surface area contributed by atoms with E-state index < -0.39 is 10.0 Å². The summed E-state index contributed by atoms with van der Waals surface area (Å²) < 4.78 is 29.1. The van der Waals surface area contributed by atoms with Crippen LogP contribution in [-0.2, 0) is 10.0 Å². The molecule has 4 saturated carbocycles. The Hall–Kier alpha value is -0.390. The second-order valence-electron chi connectivity index (χ2n) is 7.01. The minimum Gasteiger partial charge on any atom is -0.207 e. The molecule has 1 aromatic carbocycles. The van der Waals surface area contributed by atoms with E-state index in [1.54, 1.807) is 18.2 Å². The van der Waals surface area contributed by atoms with E-state index in [1.165, 1.54) is 32.1 Å². The van der Waals surface area contributed by atoms with E-state index in [4.69, 9.17) is 0 Å². The molecule has 4 aliphatic carbocycles. The fourth-order valence-corrected chi connectivity index (χ4v) is 7.40. The van der Waals surface area contributed by atoms with Gasteiger partial charge in [-0.05, 0) is 83.8 Å². The largest absolute Gasteiger partial charge is 0.241 e. The van der Waals surface area contributed by atoms with Gasteiger partial charge in [-0.3, -0.25) is 0 Å². The van der Waals surface area contributed by atoms with Crippen LogP contribution in [0, 0.1) is 23.7 Å². The maximum Gasteiger partial charge on any atom is 0.241 e. The van der Waals surface area contributed by atoms with Gasteiger partial charge in [0.2, 0.25) is 10.0 Å². The van der Waals surface area contributed by atoms with Crippen molar-refractivity contribution in [3.63, 3.8) is 0 Å². The Labute approximate surface area is 134 Å². The summed E-state index contributed by atoms with van der Waals surface area (Å²) in [6.45, 7) is 0. The first-order valence-electron chi connectivity index (χ1n) is 7.80. The van der Waals surface area contributed by atoms with Crippen molar-refractivity contribution in [2.24, 2.45) is 23.7 Å². The molecule has 0 radical (unpaired) electrons. The molecular weight excluding hydrogens is 350 g/mol. The van der Waals surface area contributed by atoms with Gasteiger partial charge in [-0.25, -0.2) is 13.1 Å². The fourth-order valence-electron chi connectivity index (χ4n) is 5.02. The minimum absolute atomic E-state index is 0.148. The predicted molar refractivity (Wildman–Crippen MR) is 85.3 cm³/mol. The zero-order chi connectivity index (χ0) is 14.6. The molecule has 4 aliphatic rings. The van der Waals surface area contributed by atoms with Crippen molar-refractivity contribution in [2.75, 3.05) is 0 Å². The molecule has 3 nitrogen and oxygen atoms in total. The molecule has 21 heavy (non-hydrogen) atoms. The topological polar surface area (TPSA) is 46.2 Å². The van der Waals surface area contributed by atoms with Crippen LogP contribution >= 0.6 is 15.9 Å². The van der Waals surface area contributed by atoms with Gasteiger partial charge < -0.3 is 0 Å². The van der Waals surface area contributed by atoms with Crippen molar-refractivity contribution >= 4 is 26.0 Å². The monoisotopic (exact) mass is 369 g/mol. The lowest BCUT2D eigenvalue weighted by Gasteiger charge is -2.54. The van der Waals surface area contributed by atoms with Crippen LogP contribution in [-0.4, -0.2) is 14.5 Å². The maximum atomic E-state index is 12.7. The molecule has 0 amide bonds. The zero-order valence-electron chi connectivity index (χ0n) is 11.8. The lowest BCUT2D eigenvalue weighted by Crippen LogP contribution is -2.55. The van der Waals surface area contributed by atoms with Crippen molar-refractivity contribution < 1.29 is 8.42 Å². The highest BCUT2D eigenvalue weighted by Gasteiger charge is 2.49. The van der Waals surface area contributed by atoms with Crippen LogP contribution in [0.2, 0.25) is 0 Å². The molecule has 5 heteroatoms. The summed E-state index contributed by atoms with van der Waals surface area (Å²) in [5.74, 6) is 2.82. The molecule has 0 saturated heterocycles. The first-order valence-corrected chi connectivity index (χ1v) is 10.1. The van der Waals surface area contributed by atoms with Gasteiger partial charge in [-0.2, -0.15) is 0 Å². The molecule has 0 unspecified atom stereocenters. The van der Waals surface area contributed by atoms with Gasteiger partial charge >= 0.3 is 0 Å². The van der Waals surface area contributed by atoms with E-state index in [0.29, 0.717) is 21.2 Å². The Morgan fingerprint density at radius 3 is 2.10 bits per heavy atom. The highest BCUT2D eigenvalue weighted by molar-refractivity contribution is 9.10. The predicted octanol–water partition coefficient (Wildman–Crippen LogP) is 3.55. The molecule has 0 spiro atoms. The smallest absolute Gasteiger partial charge is 0.207 e. The second-order valence-corrected chi connectivity index (χ2v) is 9.54. The van der Waals surface area contributed by atoms with E-state index in [2.05, 4.69) is 20.7 Å². The highest BCUT2D eigenvalue weighted by atomic mass is 79.9. The summed E-state index contributed by atoms with van der Waals surface area (Å²) in [6.07, 6.45) is 6.26. The normalized spacial score (nSPS) is 37.9. The van der Waals surface area contributed by atoms with E-state index in [-0.39, 0.29) is 6.04 Å². The van der Waals surface area contributed by atoms with Crippen LogP contribution in [0.4, 0.5) is 0 Å². The van der Waals surface area contributed by atoms with Crippen molar-refractivity contribution in [3.05, 3.63) is 28.7 Å². The summed E-state index contributed by atoms with van der Waals surface area (Å²) in [5, 5.41) is 0. The molecule has 0 aromatic heterocycles. The summed E-state index contributed by atoms with van der Waals surface area (Å²) in [7, 11) is -3.43. The Bertz CT molecular complexity index is 630. The molecule has 4 fully saturated rings. The standard InChI is InChI=1S/C16H20BrNO2S/c17-14-3-1-2-4-15(14)21(19,20)18-16-12-6-10-5-11(8-12)9-13(16)7-10/h1-4,10-13,16,18H,5-9H2. The van der Waals surface area contributed by atoms with Crippen LogP contribution < -0.4 is 4.72 Å². The third-order valence-electron chi connectivity index (χ3n) is 5.64. The van der Waals surface area contributed by atoms with Gasteiger partial charge in [0.05, 0.1) is 4.90 Å². The number of sulfonamides is 1. The van der Waals surface area contributed by atoms with Gasteiger partial charge in [0.25, 0.3) is 0 Å². The van der Waals surface area contributed by atoms with Gasteiger partial charge in [0.1, 0.15) is 0 Å². The Morgan fingerprint density at radius 2 is 1.52 bits per heavy atom. The molecular formula is C16H20BrNO2S. The van der Waals surface area contributed by atoms with Gasteiger partial charge in [-0.1, -0.05) is 12.1 Å². The number of hydrogen-bond acceptors (Lipinski definition) is 2. The molecule has 1 aromatic rings. The van der Waals surface area contributed by atoms with E-state index in [1.807, 2.05) is 6.07 Å². The Morgan fingerprint density at radius 1 is 0.952 bits per heavy atom. The van der Waals surface area contributed by atoms with Crippen LogP contribution in [0.1, 0.15) is 32.1 Å². The van der Waals surface area contributed by atoms with Gasteiger partial charge in [-0.15, -0.1) is 0 Å². The number of nitrogens with one attached hydrogen (secondary N) is 1. The molecule has 1 N–H and O–H groups in total. The van der Waals surface area contributed by atoms with Crippen LogP contribution in [0.25, 0.3) is 0 Å². The molecule has 114 valence electrons. The zero-order valence-corrected chi connectivity index (χ0v) is 14.2. The maximum absolute atomic E-state index is 12.7. The SMILES string of the molecule is O=S(=O)(NC1C2CC3CC(C2)CC1C3)c1ccccc1Br. The number of benzene rings is 1. The third kappa shape index (κ3) is 2.47. The quantitative estimate of drug-likeness (QED) is 0.885. The van der Waals surface area contributed by atoms with Gasteiger partial charge in [0, 0.05) is 10.5 Å². The highest BCUT2D eigenvalue weighted by Crippen LogP contribution is 2.53. The molecule has 0 aliphatic heterocycles. The molecule has 0 atom stereocenters. The first kappa shape index (κ1) is 14.2. The second kappa shape index (κ2) is 5.07. The number of halogens is 1. The average Bonchev–Trinajstić information content (AvgIpc) is 2.42. The lowest BCUT2D eigenvalue weighted by atomic mass is 9.54. The molecule has 0 heterocycles. The molecule has 4 bridgehead atoms. The van der Waals surface area contributed by atoms with E-state index >= 15 is 0 Å². The minimum atomic E-state index is -3.43. The van der Waals surface area contributed by atoms with E-state index in [9.17, 15) is 8.42 Å². The number of hydrogen-bond donors (Lipinski definition) is 1. The van der Waals surface area contributed by atoms with Crippen LogP contribution in [0.5, 0.6) is 0 Å². The first-order chi connectivity index (χ1) is 10.0. The van der Waals surface area contributed by atoms with E-state index in [0.717, 1.165) is 11.8 Å². The average molecular weight is 370 g/mol. The van der Waals surface area contributed by atoms with Crippen molar-refractivity contribution in [1.82, 2.24) is 4.72 Å². The lowest BCUT2D eigenvalue weighted by molar-refractivity contribution is -0.00558. The fraction of sp³-hybridized carbons (Fsp3) is 0.625. The number of rotatable bonds is 3. The Kier molecular flexibility index (Phi) is 3.43. The summed E-state index contributed by atoms with van der Waals surface area (Å²) in [6, 6.07) is 7.21. The summed E-state index contributed by atoms with van der Waals surface area (Å²) >= 11 is 3.36. The van der Waals surface area contributed by atoms with Gasteiger partial charge in [0.15, 0.2) is 0 Å². The van der Waals surface area contributed by atoms with Crippen molar-refractivity contribution in [3.8, 4) is 0 Å². The Balaban J connectivity index is 1.60. The third-order valence-corrected chi connectivity index (χ3v) is 8.12. The van der Waals surface area contributed by atoms with Crippen LogP contribution in [0.15, 0.2) is 33.6 Å². The van der Waals surface area contributed by atoms with Crippen molar-refractivity contribution in [2.45, 2.75) is 43.0 Å². The molecule has 5 rings (SSSR count). The summed E-state index contributed by atoms with van der Waals surface area (Å²) in [4.78, 5) is 0.360. The summed E-state index contributed by atoms with van der Waals surface area (Å²) in [5.41, 5.74) is 0.